The van der Waals surface area contributed by atoms with Crippen molar-refractivity contribution in [2.75, 3.05) is 18.5 Å². The van der Waals surface area contributed by atoms with E-state index in [1.165, 1.54) is 47.5 Å². The first-order valence-electron chi connectivity index (χ1n) is 8.78. The third-order valence-electron chi connectivity index (χ3n) is 3.91. The molecule has 1 heterocycles. The van der Waals surface area contributed by atoms with Gasteiger partial charge in [-0.2, -0.15) is 0 Å². The Hall–Kier alpha value is -3.49. The number of anilines is 1. The Bertz CT molecular complexity index is 948. The third kappa shape index (κ3) is 6.27. The summed E-state index contributed by atoms with van der Waals surface area (Å²) in [6.07, 6.45) is 1.37. The number of pyridine rings is 1. The number of aromatic nitrogens is 1. The quantitative estimate of drug-likeness (QED) is 0.717. The summed E-state index contributed by atoms with van der Waals surface area (Å²) in [4.78, 5) is 52.1. The lowest BCUT2D eigenvalue weighted by Crippen LogP contribution is -2.50. The molecule has 0 atom stereocenters. The normalized spacial score (nSPS) is 10.9. The minimum Gasteiger partial charge on any atom is -0.452 e. The van der Waals surface area contributed by atoms with Crippen LogP contribution in [0.3, 0.4) is 0 Å². The van der Waals surface area contributed by atoms with E-state index in [1.54, 1.807) is 20.8 Å². The van der Waals surface area contributed by atoms with Gasteiger partial charge in [0.25, 0.3) is 11.5 Å². The maximum absolute atomic E-state index is 13.0. The van der Waals surface area contributed by atoms with Crippen molar-refractivity contribution in [3.05, 3.63) is 64.3 Å². The Kier molecular flexibility index (Phi) is 6.87. The van der Waals surface area contributed by atoms with Crippen LogP contribution in [0.1, 0.15) is 31.1 Å². The first-order chi connectivity index (χ1) is 13.6. The first-order valence-corrected chi connectivity index (χ1v) is 8.78. The number of nitrogens with one attached hydrogen (secondary N) is 2. The molecule has 0 bridgehead atoms. The minimum atomic E-state index is -0.940. The highest BCUT2D eigenvalue weighted by Gasteiger charge is 2.29. The molecular formula is C20H22FN3O5. The molecule has 0 saturated carbocycles. The molecule has 2 amide bonds. The zero-order chi connectivity index (χ0) is 21.6. The Morgan fingerprint density at radius 3 is 2.38 bits per heavy atom. The lowest BCUT2D eigenvalue weighted by molar-refractivity contribution is -0.142. The number of esters is 1. The number of carbonyl (C=O) groups is 3. The summed E-state index contributed by atoms with van der Waals surface area (Å²) >= 11 is 0. The molecule has 2 rings (SSSR count). The number of hydrogen-bond acceptors (Lipinski definition) is 5. The van der Waals surface area contributed by atoms with Gasteiger partial charge in [0, 0.05) is 17.4 Å². The minimum absolute atomic E-state index is 0.225. The summed E-state index contributed by atoms with van der Waals surface area (Å²) in [5.41, 5.74) is -1.21. The van der Waals surface area contributed by atoms with E-state index < -0.39 is 41.3 Å². The second-order valence-electron chi connectivity index (χ2n) is 7.19. The van der Waals surface area contributed by atoms with Crippen LogP contribution in [-0.4, -0.2) is 46.4 Å². The van der Waals surface area contributed by atoms with E-state index in [-0.39, 0.29) is 12.1 Å². The van der Waals surface area contributed by atoms with Crippen molar-refractivity contribution in [3.8, 4) is 0 Å². The number of H-pyrrole nitrogens is 1. The summed E-state index contributed by atoms with van der Waals surface area (Å²) in [5.74, 6) is -2.48. The molecule has 0 fully saturated rings. The lowest BCUT2D eigenvalue weighted by atomic mass is 10.1. The van der Waals surface area contributed by atoms with Gasteiger partial charge in [-0.3, -0.25) is 14.4 Å². The summed E-state index contributed by atoms with van der Waals surface area (Å²) < 4.78 is 17.9. The predicted octanol–water partition coefficient (Wildman–Crippen LogP) is 1.94. The van der Waals surface area contributed by atoms with Crippen LogP contribution in [0.2, 0.25) is 0 Å². The van der Waals surface area contributed by atoms with Gasteiger partial charge in [-0.1, -0.05) is 0 Å². The number of aromatic amines is 1. The fourth-order valence-corrected chi connectivity index (χ4v) is 2.44. The highest BCUT2D eigenvalue weighted by Crippen LogP contribution is 2.15. The van der Waals surface area contributed by atoms with Crippen LogP contribution in [0.4, 0.5) is 10.1 Å². The third-order valence-corrected chi connectivity index (χ3v) is 3.91. The molecule has 0 spiro atoms. The Balaban J connectivity index is 2.01. The SMILES string of the molecule is CC(C)(C)N(CC(=O)Nc1ccc(F)cc1)C(=O)COC(=O)c1ccc[nH]c1=O. The van der Waals surface area contributed by atoms with E-state index in [0.29, 0.717) is 5.69 Å². The van der Waals surface area contributed by atoms with Crippen LogP contribution in [0.5, 0.6) is 0 Å². The van der Waals surface area contributed by atoms with Crippen LogP contribution in [0.25, 0.3) is 0 Å². The fraction of sp³-hybridized carbons (Fsp3) is 0.300. The van der Waals surface area contributed by atoms with Gasteiger partial charge in [0.2, 0.25) is 5.91 Å². The average Bonchev–Trinajstić information content (AvgIpc) is 2.65. The molecular weight excluding hydrogens is 381 g/mol. The van der Waals surface area contributed by atoms with Gasteiger partial charge < -0.3 is 19.9 Å². The lowest BCUT2D eigenvalue weighted by Gasteiger charge is -2.35. The standard InChI is InChI=1S/C20H22FN3O5/c1-20(2,3)24(11-16(25)23-14-8-6-13(21)7-9-14)17(26)12-29-19(28)15-5-4-10-22-18(15)27/h4-10H,11-12H2,1-3H3,(H,22,27)(H,23,25). The van der Waals surface area contributed by atoms with E-state index in [4.69, 9.17) is 4.74 Å². The zero-order valence-corrected chi connectivity index (χ0v) is 16.3. The van der Waals surface area contributed by atoms with Crippen LogP contribution < -0.4 is 10.9 Å². The Labute approximate surface area is 166 Å². The molecule has 8 nitrogen and oxygen atoms in total. The van der Waals surface area contributed by atoms with E-state index >= 15 is 0 Å². The van der Waals surface area contributed by atoms with Crippen molar-refractivity contribution >= 4 is 23.5 Å². The fourth-order valence-electron chi connectivity index (χ4n) is 2.44. The summed E-state index contributed by atoms with van der Waals surface area (Å²) in [7, 11) is 0. The van der Waals surface area contributed by atoms with Gasteiger partial charge in [0.05, 0.1) is 0 Å². The number of nitrogens with zero attached hydrogens (tertiary/aromatic N) is 1. The van der Waals surface area contributed by atoms with Gasteiger partial charge in [-0.15, -0.1) is 0 Å². The predicted molar refractivity (Wildman–Crippen MR) is 104 cm³/mol. The topological polar surface area (TPSA) is 109 Å². The summed E-state index contributed by atoms with van der Waals surface area (Å²) in [6, 6.07) is 7.94. The van der Waals surface area contributed by atoms with Crippen LogP contribution in [0, 0.1) is 5.82 Å². The van der Waals surface area contributed by atoms with E-state index in [0.717, 1.165) is 0 Å². The van der Waals surface area contributed by atoms with E-state index in [1.807, 2.05) is 0 Å². The maximum Gasteiger partial charge on any atom is 0.344 e. The van der Waals surface area contributed by atoms with Crippen molar-refractivity contribution < 1.29 is 23.5 Å². The maximum atomic E-state index is 13.0. The molecule has 2 aromatic rings. The molecule has 0 aliphatic rings. The molecule has 1 aromatic carbocycles. The largest absolute Gasteiger partial charge is 0.452 e. The highest BCUT2D eigenvalue weighted by molar-refractivity contribution is 5.95. The van der Waals surface area contributed by atoms with Crippen molar-refractivity contribution in [1.29, 1.82) is 0 Å². The number of halogens is 1. The van der Waals surface area contributed by atoms with Crippen molar-refractivity contribution in [2.45, 2.75) is 26.3 Å². The van der Waals surface area contributed by atoms with Gasteiger partial charge >= 0.3 is 5.97 Å². The summed E-state index contributed by atoms with van der Waals surface area (Å²) in [5, 5.41) is 2.57. The molecule has 0 aliphatic carbocycles. The second kappa shape index (κ2) is 9.13. The average molecular weight is 403 g/mol. The molecule has 154 valence electrons. The molecule has 0 unspecified atom stereocenters. The van der Waals surface area contributed by atoms with Gasteiger partial charge in [0.15, 0.2) is 6.61 Å². The molecule has 29 heavy (non-hydrogen) atoms. The molecule has 2 N–H and O–H groups in total. The smallest absolute Gasteiger partial charge is 0.344 e. The Morgan fingerprint density at radius 1 is 1.14 bits per heavy atom. The van der Waals surface area contributed by atoms with Crippen molar-refractivity contribution in [3.63, 3.8) is 0 Å². The van der Waals surface area contributed by atoms with Crippen LogP contribution in [-0.2, 0) is 14.3 Å². The number of amides is 2. The van der Waals surface area contributed by atoms with Crippen molar-refractivity contribution in [2.24, 2.45) is 0 Å². The Morgan fingerprint density at radius 2 is 1.79 bits per heavy atom. The number of benzene rings is 1. The van der Waals surface area contributed by atoms with Crippen molar-refractivity contribution in [1.82, 2.24) is 9.88 Å². The number of rotatable bonds is 6. The monoisotopic (exact) mass is 403 g/mol. The zero-order valence-electron chi connectivity index (χ0n) is 16.3. The number of carbonyl (C=O) groups excluding carboxylic acids is 3. The number of hydrogen-bond donors (Lipinski definition) is 2. The molecule has 0 aliphatic heterocycles. The van der Waals surface area contributed by atoms with Gasteiger partial charge in [0.1, 0.15) is 17.9 Å². The molecule has 9 heteroatoms. The molecule has 1 aromatic heterocycles. The van der Waals surface area contributed by atoms with Gasteiger partial charge in [-0.05, 0) is 57.2 Å². The van der Waals surface area contributed by atoms with E-state index in [9.17, 15) is 23.6 Å². The highest BCUT2D eigenvalue weighted by atomic mass is 19.1. The summed E-state index contributed by atoms with van der Waals surface area (Å²) in [6.45, 7) is 4.23. The van der Waals surface area contributed by atoms with Crippen LogP contribution >= 0.6 is 0 Å². The van der Waals surface area contributed by atoms with E-state index in [2.05, 4.69) is 10.3 Å². The molecule has 0 radical (unpaired) electrons. The first kappa shape index (κ1) is 21.8. The van der Waals surface area contributed by atoms with Gasteiger partial charge in [-0.25, -0.2) is 9.18 Å². The second-order valence-corrected chi connectivity index (χ2v) is 7.19. The molecule has 0 saturated heterocycles. The number of ether oxygens (including phenoxy) is 1. The van der Waals surface area contributed by atoms with Crippen LogP contribution in [0.15, 0.2) is 47.4 Å².